The number of hydroxylamine groups is 3. The van der Waals surface area contributed by atoms with Gasteiger partial charge in [-0.15, -0.1) is 12.4 Å². The van der Waals surface area contributed by atoms with E-state index in [1.165, 1.54) is 32.7 Å². The first-order chi connectivity index (χ1) is 23.4. The molecule has 6 rings (SSSR count). The van der Waals surface area contributed by atoms with Gasteiger partial charge in [0.15, 0.2) is 0 Å². The molecule has 1 amide bonds. The molecule has 3 aromatic carbocycles. The van der Waals surface area contributed by atoms with E-state index < -0.39 is 10.5 Å². The van der Waals surface area contributed by atoms with E-state index in [1.807, 2.05) is 0 Å². The normalized spacial score (nSPS) is 10.0. The lowest BCUT2D eigenvalue weighted by molar-refractivity contribution is -0.0756. The first kappa shape index (κ1) is 42.3. The van der Waals surface area contributed by atoms with Crippen molar-refractivity contribution in [3.05, 3.63) is 105 Å². The number of benzene rings is 3. The van der Waals surface area contributed by atoms with Gasteiger partial charge in [0, 0.05) is 30.8 Å². The molecule has 0 aliphatic heterocycles. The van der Waals surface area contributed by atoms with Crippen molar-refractivity contribution in [2.75, 3.05) is 28.3 Å². The van der Waals surface area contributed by atoms with E-state index in [0.717, 1.165) is 5.06 Å². The summed E-state index contributed by atoms with van der Waals surface area (Å²) in [5.41, 5.74) is 7.42. The third kappa shape index (κ3) is 12.5. The lowest BCUT2D eigenvalue weighted by Gasteiger charge is -2.13. The fourth-order valence-corrected chi connectivity index (χ4v) is 4.26. The molecule has 0 radical (unpaired) electrons. The topological polar surface area (TPSA) is 162 Å². The van der Waals surface area contributed by atoms with Crippen molar-refractivity contribution >= 4 is 120 Å². The number of hydrogen-bond acceptors (Lipinski definition) is 12. The Balaban J connectivity index is 0.000000245. The smallest absolute Gasteiger partial charge is 0.277 e. The second-order valence-electron chi connectivity index (χ2n) is 9.13. The summed E-state index contributed by atoms with van der Waals surface area (Å²) in [5.74, 6) is -0.254. The predicted molar refractivity (Wildman–Crippen MR) is 196 cm³/mol. The number of carbonyl (C=O) groups is 3. The van der Waals surface area contributed by atoms with Gasteiger partial charge in [-0.1, -0.05) is 34.8 Å². The number of fused-ring (bicyclic) bond motifs is 3. The summed E-state index contributed by atoms with van der Waals surface area (Å²) >= 11 is 27.7. The zero-order chi connectivity index (χ0) is 36.1. The Kier molecular flexibility index (Phi) is 17.5. The molecule has 0 aliphatic rings. The molecule has 262 valence electrons. The first-order valence-electron chi connectivity index (χ1n) is 13.5. The second-order valence-corrected chi connectivity index (χ2v) is 11.0. The Labute approximate surface area is 316 Å². The standard InChI is InChI=1S/C11H10ClN3O2.2C9H4Cl2N2O.C2H7NO.ClH/c1-15(17-2)11(16)7-3-4-8-9(5-7)14-10(12)6-13-8;10-8-4-12-7-3-5(9(11)14)1-2-6(7)13-8;10-8-4-12-6-2-1-5(9(11)14)3-7(6)13-8;1-3-4-2;/h3-6H,1-2H3;2*1-4H;3H,1-2H3;1H. The molecule has 50 heavy (non-hydrogen) atoms. The van der Waals surface area contributed by atoms with Gasteiger partial charge in [-0.05, 0) is 77.8 Å². The summed E-state index contributed by atoms with van der Waals surface area (Å²) in [6.45, 7) is 0. The third-order valence-corrected chi connectivity index (χ3v) is 6.99. The highest BCUT2D eigenvalue weighted by atomic mass is 35.5. The van der Waals surface area contributed by atoms with Gasteiger partial charge in [0.25, 0.3) is 16.4 Å². The third-order valence-electron chi connectivity index (χ3n) is 6.00. The van der Waals surface area contributed by atoms with Gasteiger partial charge in [-0.25, -0.2) is 25.5 Å². The summed E-state index contributed by atoms with van der Waals surface area (Å²) in [5, 5.41) is 1.01. The maximum absolute atomic E-state index is 11.8. The molecule has 0 saturated heterocycles. The maximum Gasteiger partial charge on any atom is 0.277 e. The number of halogens is 6. The minimum absolute atomic E-state index is 0. The van der Waals surface area contributed by atoms with Crippen LogP contribution in [-0.4, -0.2) is 79.7 Å². The van der Waals surface area contributed by atoms with E-state index >= 15 is 0 Å². The van der Waals surface area contributed by atoms with E-state index in [2.05, 4.69) is 40.2 Å². The molecule has 0 atom stereocenters. The average Bonchev–Trinajstić information content (AvgIpc) is 3.10. The molecule has 0 bridgehead atoms. The molecule has 13 nitrogen and oxygen atoms in total. The largest absolute Gasteiger partial charge is 0.305 e. The van der Waals surface area contributed by atoms with Crippen molar-refractivity contribution in [1.29, 1.82) is 0 Å². The van der Waals surface area contributed by atoms with Crippen molar-refractivity contribution in [1.82, 2.24) is 40.4 Å². The van der Waals surface area contributed by atoms with Crippen LogP contribution in [-0.2, 0) is 9.68 Å². The van der Waals surface area contributed by atoms with Crippen molar-refractivity contribution < 1.29 is 24.1 Å². The molecule has 0 spiro atoms. The first-order valence-corrected chi connectivity index (χ1v) is 15.4. The highest BCUT2D eigenvalue weighted by Crippen LogP contribution is 2.18. The summed E-state index contributed by atoms with van der Waals surface area (Å²) < 4.78 is 0. The number of amides is 1. The van der Waals surface area contributed by atoms with Crippen LogP contribution in [0.1, 0.15) is 31.1 Å². The SMILES string of the molecule is CNOC.CON(C)C(=O)c1ccc2ncc(Cl)nc2c1.Cl.O=C(Cl)c1ccc2nc(Cl)cnc2c1.O=C(Cl)c1ccc2ncc(Cl)nc2c1. The van der Waals surface area contributed by atoms with Crippen LogP contribution in [0.2, 0.25) is 15.5 Å². The molecule has 0 saturated carbocycles. The summed E-state index contributed by atoms with van der Waals surface area (Å²) in [6.07, 6.45) is 4.34. The number of nitrogens with zero attached hydrogens (tertiary/aromatic N) is 7. The Morgan fingerprint density at radius 3 is 1.40 bits per heavy atom. The van der Waals surface area contributed by atoms with Crippen LogP contribution in [0.15, 0.2) is 73.2 Å². The number of rotatable bonds is 5. The van der Waals surface area contributed by atoms with E-state index in [-0.39, 0.29) is 23.5 Å². The molecule has 3 heterocycles. The highest BCUT2D eigenvalue weighted by molar-refractivity contribution is 6.68. The van der Waals surface area contributed by atoms with Crippen LogP contribution < -0.4 is 5.48 Å². The Hall–Kier alpha value is -3.89. The van der Waals surface area contributed by atoms with Crippen molar-refractivity contribution in [2.45, 2.75) is 0 Å². The Morgan fingerprint density at radius 2 is 0.980 bits per heavy atom. The van der Waals surface area contributed by atoms with Crippen LogP contribution in [0.4, 0.5) is 0 Å². The van der Waals surface area contributed by atoms with E-state index in [9.17, 15) is 14.4 Å². The lowest BCUT2D eigenvalue weighted by Crippen LogP contribution is -2.25. The highest BCUT2D eigenvalue weighted by Gasteiger charge is 2.12. The van der Waals surface area contributed by atoms with Crippen LogP contribution in [0.3, 0.4) is 0 Å². The molecule has 0 aliphatic carbocycles. The monoisotopic (exact) mass is 800 g/mol. The second kappa shape index (κ2) is 20.7. The van der Waals surface area contributed by atoms with Crippen molar-refractivity contribution in [3.8, 4) is 0 Å². The van der Waals surface area contributed by atoms with Crippen molar-refractivity contribution in [3.63, 3.8) is 0 Å². The van der Waals surface area contributed by atoms with Gasteiger partial charge >= 0.3 is 0 Å². The van der Waals surface area contributed by atoms with Crippen LogP contribution in [0.5, 0.6) is 0 Å². The molecule has 6 aromatic rings. The number of aromatic nitrogens is 6. The minimum atomic E-state index is -0.520. The zero-order valence-corrected chi connectivity index (χ0v) is 31.0. The van der Waals surface area contributed by atoms with E-state index in [1.54, 1.807) is 68.8 Å². The number of carbonyl (C=O) groups excluding carboxylic acids is 3. The summed E-state index contributed by atoms with van der Waals surface area (Å²) in [7, 11) is 6.24. The van der Waals surface area contributed by atoms with Gasteiger partial charge in [0.05, 0.1) is 65.9 Å². The quantitative estimate of drug-likeness (QED) is 0.136. The van der Waals surface area contributed by atoms with E-state index in [4.69, 9.17) is 62.8 Å². The van der Waals surface area contributed by atoms with Crippen molar-refractivity contribution in [2.24, 2.45) is 0 Å². The van der Waals surface area contributed by atoms with Gasteiger partial charge in [0.1, 0.15) is 15.5 Å². The fraction of sp³-hybridized carbons (Fsp3) is 0.129. The molecule has 1 N–H and O–H groups in total. The molecule has 3 aromatic heterocycles. The molecular formula is C31H26Cl6N8O5. The average molecular weight is 803 g/mol. The zero-order valence-electron chi connectivity index (χ0n) is 26.4. The molecule has 0 unspecified atom stereocenters. The number of hydrogen-bond donors (Lipinski definition) is 1. The lowest BCUT2D eigenvalue weighted by atomic mass is 10.2. The summed E-state index contributed by atoms with van der Waals surface area (Å²) in [6, 6.07) is 14.7. The van der Waals surface area contributed by atoms with Crippen LogP contribution >= 0.6 is 70.4 Å². The van der Waals surface area contributed by atoms with Gasteiger partial charge in [-0.3, -0.25) is 34.2 Å². The predicted octanol–water partition coefficient (Wildman–Crippen LogP) is 7.43. The Bertz CT molecular complexity index is 2110. The Morgan fingerprint density at radius 1 is 0.620 bits per heavy atom. The van der Waals surface area contributed by atoms with Crippen LogP contribution in [0.25, 0.3) is 33.1 Å². The molecular weight excluding hydrogens is 777 g/mol. The molecule has 19 heteroatoms. The maximum atomic E-state index is 11.8. The minimum Gasteiger partial charge on any atom is -0.305 e. The van der Waals surface area contributed by atoms with Gasteiger partial charge < -0.3 is 4.84 Å². The van der Waals surface area contributed by atoms with Gasteiger partial charge in [0.2, 0.25) is 0 Å². The molecule has 0 fully saturated rings. The van der Waals surface area contributed by atoms with Gasteiger partial charge in [-0.2, -0.15) is 0 Å². The number of nitrogens with one attached hydrogen (secondary N) is 1. The fourth-order valence-electron chi connectivity index (χ4n) is 3.61. The summed E-state index contributed by atoms with van der Waals surface area (Å²) in [4.78, 5) is 66.9. The van der Waals surface area contributed by atoms with Crippen LogP contribution in [0, 0.1) is 0 Å². The van der Waals surface area contributed by atoms with E-state index in [0.29, 0.717) is 60.1 Å².